The third-order valence-corrected chi connectivity index (χ3v) is 1.61. The Morgan fingerprint density at radius 3 is 2.67 bits per heavy atom. The van der Waals surface area contributed by atoms with Crippen LogP contribution in [-0.2, 0) is 0 Å². The van der Waals surface area contributed by atoms with E-state index in [4.69, 9.17) is 11.6 Å². The van der Waals surface area contributed by atoms with E-state index in [9.17, 15) is 18.0 Å². The van der Waals surface area contributed by atoms with Gasteiger partial charge in [0.2, 0.25) is 0 Å². The second-order valence-corrected chi connectivity index (χ2v) is 3.03. The smallest absolute Gasteiger partial charge is 0.342 e. The molecule has 7 heteroatoms. The van der Waals surface area contributed by atoms with E-state index in [1.165, 1.54) is 18.2 Å². The van der Waals surface area contributed by atoms with Crippen LogP contribution in [0.1, 0.15) is 10.5 Å². The lowest BCUT2D eigenvalue weighted by Crippen LogP contribution is -2.34. The summed E-state index contributed by atoms with van der Waals surface area (Å²) in [5, 5.41) is 1.73. The predicted molar refractivity (Wildman–Crippen MR) is 47.6 cm³/mol. The molecule has 0 aliphatic rings. The van der Waals surface area contributed by atoms with Gasteiger partial charge in [-0.2, -0.15) is 13.2 Å². The first-order valence-corrected chi connectivity index (χ1v) is 4.24. The number of rotatable bonds is 2. The molecule has 0 aromatic carbocycles. The zero-order chi connectivity index (χ0) is 11.5. The number of nitrogens with one attached hydrogen (secondary N) is 1. The van der Waals surface area contributed by atoms with Crippen molar-refractivity contribution in [1.29, 1.82) is 0 Å². The van der Waals surface area contributed by atoms with Crippen molar-refractivity contribution in [2.24, 2.45) is 0 Å². The SMILES string of the molecule is O=C(NCC(F)(F)F)c1cccc(Cl)n1. The highest BCUT2D eigenvalue weighted by Gasteiger charge is 2.28. The lowest BCUT2D eigenvalue weighted by Gasteiger charge is -2.07. The minimum absolute atomic E-state index is 0.0506. The summed E-state index contributed by atoms with van der Waals surface area (Å²) in [6, 6.07) is 4.12. The molecule has 0 aliphatic heterocycles. The van der Waals surface area contributed by atoms with Crippen molar-refractivity contribution in [2.75, 3.05) is 6.54 Å². The van der Waals surface area contributed by atoms with Gasteiger partial charge in [0.25, 0.3) is 5.91 Å². The summed E-state index contributed by atoms with van der Waals surface area (Å²) in [6.45, 7) is -1.39. The number of carbonyl (C=O) groups excluding carboxylic acids is 1. The van der Waals surface area contributed by atoms with Crippen LogP contribution in [0.5, 0.6) is 0 Å². The van der Waals surface area contributed by atoms with E-state index in [0.717, 1.165) is 0 Å². The Kier molecular flexibility index (Phi) is 3.52. The molecule has 1 rings (SSSR count). The Hall–Kier alpha value is -1.30. The third kappa shape index (κ3) is 4.16. The molecule has 1 aromatic heterocycles. The number of halogens is 4. The second-order valence-electron chi connectivity index (χ2n) is 2.64. The number of aromatic nitrogens is 1. The standard InChI is InChI=1S/C8H6ClF3N2O/c9-6-3-1-2-5(14-6)7(15)13-4-8(10,11)12/h1-3H,4H2,(H,13,15). The molecule has 0 spiro atoms. The van der Waals surface area contributed by atoms with Gasteiger partial charge in [-0.15, -0.1) is 0 Å². The monoisotopic (exact) mass is 238 g/mol. The van der Waals surface area contributed by atoms with Crippen molar-refractivity contribution in [1.82, 2.24) is 10.3 Å². The maximum Gasteiger partial charge on any atom is 0.405 e. The topological polar surface area (TPSA) is 42.0 Å². The Morgan fingerprint density at radius 1 is 1.47 bits per heavy atom. The summed E-state index contributed by atoms with van der Waals surface area (Å²) in [7, 11) is 0. The number of nitrogens with zero attached hydrogens (tertiary/aromatic N) is 1. The summed E-state index contributed by atoms with van der Waals surface area (Å²) in [6.07, 6.45) is -4.44. The number of alkyl halides is 3. The molecule has 0 aliphatic carbocycles. The average molecular weight is 239 g/mol. The number of amides is 1. The summed E-state index contributed by atoms with van der Waals surface area (Å²) in [5.74, 6) is -0.908. The van der Waals surface area contributed by atoms with Crippen LogP contribution in [0.2, 0.25) is 5.15 Å². The fourth-order valence-corrected chi connectivity index (χ4v) is 0.970. The second kappa shape index (κ2) is 4.48. The Labute approximate surface area is 88.3 Å². The van der Waals surface area contributed by atoms with Gasteiger partial charge in [-0.25, -0.2) is 4.98 Å². The van der Waals surface area contributed by atoms with Crippen molar-refractivity contribution in [3.05, 3.63) is 29.0 Å². The number of hydrogen-bond acceptors (Lipinski definition) is 2. The number of hydrogen-bond donors (Lipinski definition) is 1. The number of carbonyl (C=O) groups is 1. The van der Waals surface area contributed by atoms with E-state index in [1.54, 1.807) is 5.32 Å². The van der Waals surface area contributed by atoms with Crippen LogP contribution in [0.3, 0.4) is 0 Å². The van der Waals surface area contributed by atoms with E-state index in [-0.39, 0.29) is 10.8 Å². The quantitative estimate of drug-likeness (QED) is 0.801. The maximum atomic E-state index is 11.7. The first-order chi connectivity index (χ1) is 6.88. The third-order valence-electron chi connectivity index (χ3n) is 1.40. The highest BCUT2D eigenvalue weighted by molar-refractivity contribution is 6.29. The van der Waals surface area contributed by atoms with Gasteiger partial charge in [-0.1, -0.05) is 17.7 Å². The van der Waals surface area contributed by atoms with Crippen molar-refractivity contribution < 1.29 is 18.0 Å². The van der Waals surface area contributed by atoms with Gasteiger partial charge in [0.05, 0.1) is 0 Å². The first kappa shape index (κ1) is 11.8. The van der Waals surface area contributed by atoms with Gasteiger partial charge in [0.15, 0.2) is 0 Å². The Balaban J connectivity index is 2.62. The molecule has 15 heavy (non-hydrogen) atoms. The lowest BCUT2D eigenvalue weighted by molar-refractivity contribution is -0.123. The molecule has 1 aromatic rings. The fraction of sp³-hybridized carbons (Fsp3) is 0.250. The first-order valence-electron chi connectivity index (χ1n) is 3.86. The van der Waals surface area contributed by atoms with Crippen LogP contribution < -0.4 is 5.32 Å². The molecular formula is C8H6ClF3N2O. The van der Waals surface area contributed by atoms with Crippen LogP contribution in [0.15, 0.2) is 18.2 Å². The van der Waals surface area contributed by atoms with Gasteiger partial charge in [-0.05, 0) is 12.1 Å². The van der Waals surface area contributed by atoms with Gasteiger partial charge in [-0.3, -0.25) is 4.79 Å². The van der Waals surface area contributed by atoms with Crippen molar-refractivity contribution >= 4 is 17.5 Å². The van der Waals surface area contributed by atoms with E-state index in [0.29, 0.717) is 0 Å². The average Bonchev–Trinajstić information content (AvgIpc) is 2.13. The summed E-state index contributed by atoms with van der Waals surface area (Å²) < 4.78 is 35.2. The molecule has 1 N–H and O–H groups in total. The molecule has 1 heterocycles. The van der Waals surface area contributed by atoms with Crippen LogP contribution in [-0.4, -0.2) is 23.6 Å². The normalized spacial score (nSPS) is 11.2. The molecule has 0 bridgehead atoms. The molecule has 3 nitrogen and oxygen atoms in total. The largest absolute Gasteiger partial charge is 0.405 e. The maximum absolute atomic E-state index is 11.7. The van der Waals surface area contributed by atoms with Crippen molar-refractivity contribution in [3.63, 3.8) is 0 Å². The Morgan fingerprint density at radius 2 is 2.13 bits per heavy atom. The molecule has 0 atom stereocenters. The highest BCUT2D eigenvalue weighted by atomic mass is 35.5. The van der Waals surface area contributed by atoms with E-state index < -0.39 is 18.6 Å². The van der Waals surface area contributed by atoms with Crippen LogP contribution >= 0.6 is 11.6 Å². The summed E-state index contributed by atoms with van der Waals surface area (Å²) in [5.41, 5.74) is -0.147. The number of pyridine rings is 1. The van der Waals surface area contributed by atoms with Gasteiger partial charge < -0.3 is 5.32 Å². The molecule has 0 saturated carbocycles. The Bertz CT molecular complexity index is 367. The van der Waals surface area contributed by atoms with E-state index in [2.05, 4.69) is 4.98 Å². The fourth-order valence-electron chi connectivity index (χ4n) is 0.806. The molecular weight excluding hydrogens is 233 g/mol. The predicted octanol–water partition coefficient (Wildman–Crippen LogP) is 2.03. The highest BCUT2D eigenvalue weighted by Crippen LogP contribution is 2.12. The van der Waals surface area contributed by atoms with Gasteiger partial charge in [0, 0.05) is 0 Å². The zero-order valence-electron chi connectivity index (χ0n) is 7.31. The van der Waals surface area contributed by atoms with Crippen LogP contribution in [0.4, 0.5) is 13.2 Å². The molecule has 1 amide bonds. The molecule has 0 saturated heterocycles. The van der Waals surface area contributed by atoms with Crippen molar-refractivity contribution in [3.8, 4) is 0 Å². The molecule has 0 fully saturated rings. The minimum atomic E-state index is -4.44. The van der Waals surface area contributed by atoms with Crippen LogP contribution in [0, 0.1) is 0 Å². The van der Waals surface area contributed by atoms with Gasteiger partial charge >= 0.3 is 6.18 Å². The summed E-state index contributed by atoms with van der Waals surface area (Å²) >= 11 is 5.47. The van der Waals surface area contributed by atoms with E-state index >= 15 is 0 Å². The van der Waals surface area contributed by atoms with Crippen molar-refractivity contribution in [2.45, 2.75) is 6.18 Å². The molecule has 82 valence electrons. The van der Waals surface area contributed by atoms with E-state index in [1.807, 2.05) is 0 Å². The van der Waals surface area contributed by atoms with Crippen LogP contribution in [0.25, 0.3) is 0 Å². The molecule has 0 unspecified atom stereocenters. The lowest BCUT2D eigenvalue weighted by atomic mass is 10.3. The minimum Gasteiger partial charge on any atom is -0.342 e. The summed E-state index contributed by atoms with van der Waals surface area (Å²) in [4.78, 5) is 14.7. The van der Waals surface area contributed by atoms with Gasteiger partial charge in [0.1, 0.15) is 17.4 Å². The molecule has 0 radical (unpaired) electrons. The zero-order valence-corrected chi connectivity index (χ0v) is 8.06.